The van der Waals surface area contributed by atoms with Crippen LogP contribution in [0.3, 0.4) is 0 Å². The predicted octanol–water partition coefficient (Wildman–Crippen LogP) is 0.453. The number of allylic oxidation sites excluding steroid dienone is 3. The van der Waals surface area contributed by atoms with Crippen LogP contribution >= 0.6 is 0 Å². The summed E-state index contributed by atoms with van der Waals surface area (Å²) in [6.07, 6.45) is -2.00. The minimum atomic E-state index is -1.45. The van der Waals surface area contributed by atoms with E-state index in [-0.39, 0.29) is 17.3 Å². The zero-order valence-electron chi connectivity index (χ0n) is 15.8. The first-order valence-electron chi connectivity index (χ1n) is 8.91. The van der Waals surface area contributed by atoms with Gasteiger partial charge in [0.25, 0.3) is 0 Å². The van der Waals surface area contributed by atoms with Crippen LogP contribution in [-0.4, -0.2) is 69.6 Å². The summed E-state index contributed by atoms with van der Waals surface area (Å²) >= 11 is 0. The summed E-state index contributed by atoms with van der Waals surface area (Å²) in [4.78, 5) is 11.2. The van der Waals surface area contributed by atoms with E-state index < -0.39 is 37.3 Å². The zero-order chi connectivity index (χ0) is 19.6. The van der Waals surface area contributed by atoms with Crippen molar-refractivity contribution in [3.63, 3.8) is 0 Å². The van der Waals surface area contributed by atoms with Crippen LogP contribution in [-0.2, 0) is 14.3 Å². The van der Waals surface area contributed by atoms with E-state index in [2.05, 4.69) is 13.8 Å². The highest BCUT2D eigenvalue weighted by Gasteiger charge is 2.45. The maximum atomic E-state index is 11.2. The second-order valence-electron chi connectivity index (χ2n) is 7.89. The maximum absolute atomic E-state index is 11.2. The van der Waals surface area contributed by atoms with Gasteiger partial charge in [0.05, 0.1) is 12.7 Å². The van der Waals surface area contributed by atoms with Gasteiger partial charge in [-0.3, -0.25) is 4.79 Å². The van der Waals surface area contributed by atoms with E-state index in [4.69, 9.17) is 9.47 Å². The van der Waals surface area contributed by atoms with Gasteiger partial charge in [-0.1, -0.05) is 25.5 Å². The lowest BCUT2D eigenvalue weighted by atomic mass is 9.71. The standard InChI is InChI=1S/C19H30O7/c1-10-7-12(8-19(3,4)13(10)6-5-11(2)21)25-18-17(24)16(23)15(22)14(9-20)26-18/h5-6,12,14-18,20,22-24H,7-9H2,1-4H3/b6-5+/t12-,14-,15-,16+,17-,18-/m1/s1. The lowest BCUT2D eigenvalue weighted by molar-refractivity contribution is -0.312. The molecule has 0 amide bonds. The highest BCUT2D eigenvalue weighted by atomic mass is 16.7. The van der Waals surface area contributed by atoms with Gasteiger partial charge in [0.2, 0.25) is 0 Å². The number of carbonyl (C=O) groups is 1. The molecule has 0 aromatic carbocycles. The van der Waals surface area contributed by atoms with E-state index in [1.54, 1.807) is 6.08 Å². The molecule has 1 saturated heterocycles. The largest absolute Gasteiger partial charge is 0.394 e. The third-order valence-electron chi connectivity index (χ3n) is 5.12. The molecule has 148 valence electrons. The average Bonchev–Trinajstić information content (AvgIpc) is 2.53. The smallest absolute Gasteiger partial charge is 0.186 e. The van der Waals surface area contributed by atoms with Gasteiger partial charge in [-0.15, -0.1) is 0 Å². The fourth-order valence-corrected chi connectivity index (χ4v) is 3.81. The number of ketones is 1. The van der Waals surface area contributed by atoms with Gasteiger partial charge in [0, 0.05) is 0 Å². The normalized spacial score (nSPS) is 38.0. The first kappa shape index (κ1) is 21.2. The number of hydrogen-bond acceptors (Lipinski definition) is 7. The molecule has 7 nitrogen and oxygen atoms in total. The second kappa shape index (κ2) is 8.29. The Hall–Kier alpha value is -1.09. The molecular formula is C19H30O7. The van der Waals surface area contributed by atoms with Crippen molar-refractivity contribution in [1.82, 2.24) is 0 Å². The van der Waals surface area contributed by atoms with Crippen molar-refractivity contribution < 1.29 is 34.7 Å². The number of carbonyl (C=O) groups excluding carboxylic acids is 1. The molecule has 0 aromatic heterocycles. The van der Waals surface area contributed by atoms with E-state index >= 15 is 0 Å². The topological polar surface area (TPSA) is 116 Å². The highest BCUT2D eigenvalue weighted by molar-refractivity contribution is 5.87. The van der Waals surface area contributed by atoms with E-state index in [1.807, 2.05) is 13.0 Å². The molecule has 2 rings (SSSR count). The SMILES string of the molecule is CC(=O)/C=C/C1=C(C)C[C@@H](O[C@@H]2O[C@H](CO)[C@@H](O)[C@H](O)[C@H]2O)CC1(C)C. The second-order valence-corrected chi connectivity index (χ2v) is 7.89. The third-order valence-corrected chi connectivity index (χ3v) is 5.12. The summed E-state index contributed by atoms with van der Waals surface area (Å²) in [6.45, 7) is 7.11. The summed E-state index contributed by atoms with van der Waals surface area (Å²) in [5.41, 5.74) is 1.92. The Morgan fingerprint density at radius 3 is 2.46 bits per heavy atom. The summed E-state index contributed by atoms with van der Waals surface area (Å²) in [5.74, 6) is -0.0132. The Morgan fingerprint density at radius 1 is 1.27 bits per heavy atom. The van der Waals surface area contributed by atoms with Crippen LogP contribution in [0.25, 0.3) is 0 Å². The van der Waals surface area contributed by atoms with Gasteiger partial charge in [0.15, 0.2) is 12.1 Å². The van der Waals surface area contributed by atoms with E-state index in [9.17, 15) is 25.2 Å². The fraction of sp³-hybridized carbons (Fsp3) is 0.737. The summed E-state index contributed by atoms with van der Waals surface area (Å²) in [5, 5.41) is 39.2. The Morgan fingerprint density at radius 2 is 1.92 bits per heavy atom. The fourth-order valence-electron chi connectivity index (χ4n) is 3.81. The molecular weight excluding hydrogens is 340 g/mol. The van der Waals surface area contributed by atoms with E-state index in [0.29, 0.717) is 12.8 Å². The number of aliphatic hydroxyl groups is 4. The van der Waals surface area contributed by atoms with Crippen molar-refractivity contribution in [3.8, 4) is 0 Å². The molecule has 26 heavy (non-hydrogen) atoms. The van der Waals surface area contributed by atoms with Crippen LogP contribution < -0.4 is 0 Å². The molecule has 0 radical (unpaired) electrons. The Kier molecular flexibility index (Phi) is 6.76. The minimum absolute atomic E-state index is 0.0132. The molecule has 1 fully saturated rings. The molecule has 0 spiro atoms. The van der Waals surface area contributed by atoms with Gasteiger partial charge >= 0.3 is 0 Å². The van der Waals surface area contributed by atoms with Crippen molar-refractivity contribution in [2.45, 2.75) is 77.3 Å². The van der Waals surface area contributed by atoms with Gasteiger partial charge in [-0.25, -0.2) is 0 Å². The molecule has 2 aliphatic rings. The molecule has 0 unspecified atom stereocenters. The van der Waals surface area contributed by atoms with Gasteiger partial charge in [-0.05, 0) is 43.8 Å². The van der Waals surface area contributed by atoms with Gasteiger partial charge in [0.1, 0.15) is 24.4 Å². The maximum Gasteiger partial charge on any atom is 0.186 e. The summed E-state index contributed by atoms with van der Waals surface area (Å²) in [6, 6.07) is 0. The van der Waals surface area contributed by atoms with Crippen LogP contribution in [0.5, 0.6) is 0 Å². The third kappa shape index (κ3) is 4.60. The van der Waals surface area contributed by atoms with E-state index in [1.165, 1.54) is 6.92 Å². The highest BCUT2D eigenvalue weighted by Crippen LogP contribution is 2.42. The Bertz CT molecular complexity index is 578. The molecule has 1 aliphatic carbocycles. The van der Waals surface area contributed by atoms with Crippen molar-refractivity contribution in [1.29, 1.82) is 0 Å². The van der Waals surface area contributed by atoms with Crippen LogP contribution in [0.1, 0.15) is 40.5 Å². The lowest BCUT2D eigenvalue weighted by Crippen LogP contribution is -2.59. The molecule has 0 bridgehead atoms. The predicted molar refractivity (Wildman–Crippen MR) is 94.2 cm³/mol. The Labute approximate surface area is 153 Å². The van der Waals surface area contributed by atoms with Gasteiger partial charge in [-0.2, -0.15) is 0 Å². The van der Waals surface area contributed by atoms with Crippen LogP contribution in [0.4, 0.5) is 0 Å². The summed E-state index contributed by atoms with van der Waals surface area (Å²) in [7, 11) is 0. The number of aliphatic hydroxyl groups excluding tert-OH is 4. The van der Waals surface area contributed by atoms with Crippen molar-refractivity contribution in [3.05, 3.63) is 23.3 Å². The lowest BCUT2D eigenvalue weighted by Gasteiger charge is -2.43. The van der Waals surface area contributed by atoms with Crippen molar-refractivity contribution in [2.75, 3.05) is 6.61 Å². The molecule has 1 aliphatic heterocycles. The molecule has 4 N–H and O–H groups in total. The Balaban J connectivity index is 2.13. The zero-order valence-corrected chi connectivity index (χ0v) is 15.8. The van der Waals surface area contributed by atoms with Crippen LogP contribution in [0.2, 0.25) is 0 Å². The van der Waals surface area contributed by atoms with Crippen LogP contribution in [0.15, 0.2) is 23.3 Å². The van der Waals surface area contributed by atoms with Crippen molar-refractivity contribution in [2.24, 2.45) is 5.41 Å². The van der Waals surface area contributed by atoms with Gasteiger partial charge < -0.3 is 29.9 Å². The quantitative estimate of drug-likeness (QED) is 0.519. The molecule has 7 heteroatoms. The molecule has 6 atom stereocenters. The number of ether oxygens (including phenoxy) is 2. The monoisotopic (exact) mass is 370 g/mol. The summed E-state index contributed by atoms with van der Waals surface area (Å²) < 4.78 is 11.3. The first-order valence-corrected chi connectivity index (χ1v) is 8.91. The number of hydrogen-bond donors (Lipinski definition) is 4. The van der Waals surface area contributed by atoms with E-state index in [0.717, 1.165) is 11.1 Å². The first-order chi connectivity index (χ1) is 12.1. The van der Waals surface area contributed by atoms with Crippen molar-refractivity contribution >= 4 is 5.78 Å². The minimum Gasteiger partial charge on any atom is -0.394 e. The number of rotatable bonds is 5. The molecule has 1 heterocycles. The van der Waals surface area contributed by atoms with Crippen LogP contribution in [0, 0.1) is 5.41 Å². The molecule has 0 saturated carbocycles. The average molecular weight is 370 g/mol. The molecule has 0 aromatic rings.